The zero-order chi connectivity index (χ0) is 39.0. The number of piperidine rings is 2. The van der Waals surface area contributed by atoms with Crippen LogP contribution in [0, 0.1) is 33.5 Å². The van der Waals surface area contributed by atoms with Gasteiger partial charge in [0.05, 0.1) is 0 Å². The lowest BCUT2D eigenvalue weighted by Gasteiger charge is -2.31. The molecule has 0 unspecified atom stereocenters. The third-order valence-electron chi connectivity index (χ3n) is 9.16. The Kier molecular flexibility index (Phi) is 12.7. The number of carbonyl (C=O) groups excluding carboxylic acids is 1. The number of ketones is 1. The van der Waals surface area contributed by atoms with Crippen LogP contribution in [-0.2, 0) is 31.0 Å². The lowest BCUT2D eigenvalue weighted by molar-refractivity contribution is -0.121. The predicted octanol–water partition coefficient (Wildman–Crippen LogP) is 3.78. The van der Waals surface area contributed by atoms with Crippen molar-refractivity contribution in [3.63, 3.8) is 0 Å². The number of hydrogen-bond donors (Lipinski definition) is 2. The average molecular weight is 736 g/mol. The molecule has 0 amide bonds. The highest BCUT2D eigenvalue weighted by molar-refractivity contribution is 5.79. The number of nitrogens with two attached hydrogens (primary N) is 2. The number of nitriles is 2. The summed E-state index contributed by atoms with van der Waals surface area (Å²) in [6, 6.07) is 8.68. The molecule has 2 aliphatic rings. The van der Waals surface area contributed by atoms with Gasteiger partial charge in [0, 0.05) is 106 Å². The molecule has 2 saturated heterocycles. The van der Waals surface area contributed by atoms with E-state index in [0.717, 1.165) is 87.3 Å². The van der Waals surface area contributed by atoms with E-state index in [4.69, 9.17) is 22.1 Å². The van der Waals surface area contributed by atoms with Crippen molar-refractivity contribution < 1.29 is 4.79 Å². The van der Waals surface area contributed by atoms with Gasteiger partial charge in [0.15, 0.2) is 0 Å². The van der Waals surface area contributed by atoms with Crippen molar-refractivity contribution >= 4 is 27.9 Å². The summed E-state index contributed by atoms with van der Waals surface area (Å²) in [5.74, 6) is 5.85. The lowest BCUT2D eigenvalue weighted by atomic mass is 9.97. The van der Waals surface area contributed by atoms with Crippen LogP contribution >= 0.6 is 0 Å². The molecule has 0 atom stereocenters. The van der Waals surface area contributed by atoms with Gasteiger partial charge >= 0.3 is 0 Å². The Bertz CT molecular complexity index is 2090. The maximum Gasteiger partial charge on any atom is 0.234 e. The molecule has 286 valence electrons. The third-order valence-corrected chi connectivity index (χ3v) is 9.16. The minimum absolute atomic E-state index is 0.0936. The largest absolute Gasteiger partial charge is 0.337 e. The van der Waals surface area contributed by atoms with E-state index < -0.39 is 0 Å². The number of likely N-dealkylation sites (tertiary alicyclic amines) is 2. The second-order valence-corrected chi connectivity index (χ2v) is 16.6. The molecule has 0 aliphatic carbocycles. The van der Waals surface area contributed by atoms with Crippen molar-refractivity contribution in [3.8, 4) is 12.1 Å². The monoisotopic (exact) mass is 735 g/mol. The number of nitrogen functional groups attached to an aromatic ring is 1. The van der Waals surface area contributed by atoms with Gasteiger partial charge in [-0.25, -0.2) is 24.6 Å². The van der Waals surface area contributed by atoms with Crippen LogP contribution < -0.4 is 11.6 Å². The fourth-order valence-corrected chi connectivity index (χ4v) is 6.60. The van der Waals surface area contributed by atoms with E-state index in [1.54, 1.807) is 12.4 Å². The summed E-state index contributed by atoms with van der Waals surface area (Å²) in [5.41, 5.74) is 10.3. The van der Waals surface area contributed by atoms with Crippen LogP contribution in [0.3, 0.4) is 0 Å². The Balaban J connectivity index is 0.000000180. The first-order chi connectivity index (χ1) is 25.6. The van der Waals surface area contributed by atoms with Crippen molar-refractivity contribution in [3.05, 3.63) is 60.2 Å². The van der Waals surface area contributed by atoms with Crippen molar-refractivity contribution in [2.24, 2.45) is 16.6 Å². The first kappa shape index (κ1) is 39.9. The van der Waals surface area contributed by atoms with E-state index in [0.29, 0.717) is 24.7 Å². The number of Topliss-reactive ketones (excluding diaryl/α,β-unsaturated/α-hetero) is 1. The summed E-state index contributed by atoms with van der Waals surface area (Å²) < 4.78 is 5.74. The van der Waals surface area contributed by atoms with Crippen molar-refractivity contribution in [2.45, 2.75) is 99.4 Å². The highest BCUT2D eigenvalue weighted by Crippen LogP contribution is 2.27. The SMILES string of the molecule is CC(C)(C)Cn1c(CN2CCC(=O)CC2)cc2cnc(C#N)nc21.CC(C)(C)Cn1c(CN2CCC(N)CC2)cc2cnc(C#N)nc21.Nn1cnnc1. The zero-order valence-electron chi connectivity index (χ0n) is 32.4. The molecule has 7 rings (SSSR count). The van der Waals surface area contributed by atoms with Crippen LogP contribution in [-0.4, -0.2) is 91.7 Å². The standard InChI is InChI=1S/C18H26N6.C18H23N5O.C2H4N4/c1-18(2,3)12-24-15(11-23-6-4-14(20)5-7-23)8-13-10-21-16(9-19)22-17(13)24;1-18(2,3)12-23-14(11-22-6-4-15(24)5-7-22)8-13-10-20-16(9-19)21-17(13)23;3-6-1-4-5-2-6/h8,10,14H,4-7,11-12,20H2,1-3H3;8,10H,4-7,11-12H2,1-3H3;1-2H,3H2. The molecular weight excluding hydrogens is 683 g/mol. The van der Waals surface area contributed by atoms with E-state index in [1.807, 2.05) is 12.1 Å². The summed E-state index contributed by atoms with van der Waals surface area (Å²) in [5, 5.41) is 27.0. The number of aromatic nitrogens is 9. The van der Waals surface area contributed by atoms with Crippen LogP contribution in [0.4, 0.5) is 0 Å². The van der Waals surface area contributed by atoms with E-state index in [1.165, 1.54) is 28.7 Å². The van der Waals surface area contributed by atoms with Gasteiger partial charge in [-0.05, 0) is 35.8 Å². The quantitative estimate of drug-likeness (QED) is 0.238. The molecule has 4 N–H and O–H groups in total. The molecule has 2 fully saturated rings. The maximum atomic E-state index is 11.4. The number of nitrogens with zero attached hydrogens (tertiary/aromatic N) is 13. The molecule has 0 saturated carbocycles. The van der Waals surface area contributed by atoms with E-state index in [9.17, 15) is 4.79 Å². The van der Waals surface area contributed by atoms with E-state index >= 15 is 0 Å². The fraction of sp³-hybridized carbons (Fsp3) is 0.553. The number of carbonyl (C=O) groups is 1. The number of fused-ring (bicyclic) bond motifs is 2. The molecule has 0 bridgehead atoms. The Hall–Kier alpha value is -5.29. The zero-order valence-corrected chi connectivity index (χ0v) is 32.4. The smallest absolute Gasteiger partial charge is 0.234 e. The van der Waals surface area contributed by atoms with Gasteiger partial charge in [-0.3, -0.25) is 14.6 Å². The first-order valence-corrected chi connectivity index (χ1v) is 18.4. The van der Waals surface area contributed by atoms with Gasteiger partial charge in [0.2, 0.25) is 11.6 Å². The molecular formula is C38H53N15O. The molecule has 16 nitrogen and oxygen atoms in total. The van der Waals surface area contributed by atoms with Crippen molar-refractivity contribution in [1.82, 2.24) is 53.7 Å². The summed E-state index contributed by atoms with van der Waals surface area (Å²) in [6.07, 6.45) is 9.70. The average Bonchev–Trinajstić information content (AvgIpc) is 3.83. The summed E-state index contributed by atoms with van der Waals surface area (Å²) in [7, 11) is 0. The van der Waals surface area contributed by atoms with Crippen LogP contribution in [0.5, 0.6) is 0 Å². The fourth-order valence-electron chi connectivity index (χ4n) is 6.60. The highest BCUT2D eigenvalue weighted by Gasteiger charge is 2.23. The molecule has 0 aromatic carbocycles. The molecule has 2 aliphatic heterocycles. The van der Waals surface area contributed by atoms with Gasteiger partial charge in [0.1, 0.15) is 41.9 Å². The molecule has 5 aromatic heterocycles. The molecule has 0 radical (unpaired) electrons. The molecule has 7 heterocycles. The Morgan fingerprint density at radius 3 is 1.54 bits per heavy atom. The van der Waals surface area contributed by atoms with E-state index in [-0.39, 0.29) is 22.5 Å². The normalized spacial score (nSPS) is 16.0. The predicted molar refractivity (Wildman–Crippen MR) is 206 cm³/mol. The topological polar surface area (TPSA) is 215 Å². The van der Waals surface area contributed by atoms with Gasteiger partial charge in [0.25, 0.3) is 0 Å². The summed E-state index contributed by atoms with van der Waals surface area (Å²) in [6.45, 7) is 20.3. The maximum absolute atomic E-state index is 11.4. The molecule has 0 spiro atoms. The van der Waals surface area contributed by atoms with Gasteiger partial charge in [-0.15, -0.1) is 10.2 Å². The highest BCUT2D eigenvalue weighted by atomic mass is 16.1. The first-order valence-electron chi connectivity index (χ1n) is 18.4. The minimum atomic E-state index is 0.0936. The van der Waals surface area contributed by atoms with Crippen LogP contribution in [0.25, 0.3) is 22.1 Å². The summed E-state index contributed by atoms with van der Waals surface area (Å²) >= 11 is 0. The van der Waals surface area contributed by atoms with Crippen LogP contribution in [0.2, 0.25) is 0 Å². The Morgan fingerprint density at radius 1 is 0.741 bits per heavy atom. The van der Waals surface area contributed by atoms with Gasteiger partial charge in [-0.1, -0.05) is 41.5 Å². The van der Waals surface area contributed by atoms with Crippen molar-refractivity contribution in [1.29, 1.82) is 10.5 Å². The lowest BCUT2D eigenvalue weighted by Crippen LogP contribution is -2.39. The molecule has 54 heavy (non-hydrogen) atoms. The Labute approximate surface area is 316 Å². The number of hydrogen-bond acceptors (Lipinski definition) is 13. The molecule has 16 heteroatoms. The third kappa shape index (κ3) is 11.1. The minimum Gasteiger partial charge on any atom is -0.337 e. The van der Waals surface area contributed by atoms with E-state index in [2.05, 4.69) is 103 Å². The van der Waals surface area contributed by atoms with Crippen LogP contribution in [0.1, 0.15) is 90.3 Å². The Morgan fingerprint density at radius 2 is 1.17 bits per heavy atom. The molecule has 5 aromatic rings. The van der Waals surface area contributed by atoms with Crippen LogP contribution in [0.15, 0.2) is 37.2 Å². The number of rotatable bonds is 6. The second-order valence-electron chi connectivity index (χ2n) is 16.6. The van der Waals surface area contributed by atoms with Gasteiger partial charge in [-0.2, -0.15) is 10.5 Å². The second kappa shape index (κ2) is 17.2. The summed E-state index contributed by atoms with van der Waals surface area (Å²) in [4.78, 5) is 33.3. The van der Waals surface area contributed by atoms with Crippen molar-refractivity contribution in [2.75, 3.05) is 32.0 Å². The van der Waals surface area contributed by atoms with Gasteiger partial charge < -0.3 is 20.7 Å².